The van der Waals surface area contributed by atoms with Gasteiger partial charge in [-0.15, -0.1) is 0 Å². The summed E-state index contributed by atoms with van der Waals surface area (Å²) < 4.78 is 69.8. The highest BCUT2D eigenvalue weighted by molar-refractivity contribution is 5.87. The summed E-state index contributed by atoms with van der Waals surface area (Å²) in [5.74, 6) is 0.946. The molecule has 0 fully saturated rings. The van der Waals surface area contributed by atoms with Gasteiger partial charge in [0.05, 0.1) is 5.56 Å². The summed E-state index contributed by atoms with van der Waals surface area (Å²) in [6, 6.07) is 13.5. The summed E-state index contributed by atoms with van der Waals surface area (Å²) >= 11 is 0. The minimum Gasteiger partial charge on any atom is -0.206 e. The lowest BCUT2D eigenvalue weighted by Crippen LogP contribution is -1.94. The predicted octanol–water partition coefficient (Wildman–Crippen LogP) is 7.16. The Morgan fingerprint density at radius 1 is 0.613 bits per heavy atom. The van der Waals surface area contributed by atoms with Crippen molar-refractivity contribution in [2.45, 2.75) is 13.3 Å². The molecule has 31 heavy (non-hydrogen) atoms. The Labute approximate surface area is 176 Å². The maximum Gasteiger partial charge on any atom is 0.159 e. The van der Waals surface area contributed by atoms with Gasteiger partial charge in [0.25, 0.3) is 0 Å². The van der Waals surface area contributed by atoms with Gasteiger partial charge in [0.15, 0.2) is 11.6 Å². The molecule has 0 saturated heterocycles. The Morgan fingerprint density at radius 2 is 1.29 bits per heavy atom. The molecule has 4 aromatic carbocycles. The largest absolute Gasteiger partial charge is 0.206 e. The third-order valence-electron chi connectivity index (χ3n) is 5.00. The Bertz CT molecular complexity index is 1350. The fourth-order valence-electron chi connectivity index (χ4n) is 3.32. The Morgan fingerprint density at radius 3 is 1.94 bits per heavy atom. The van der Waals surface area contributed by atoms with Crippen molar-refractivity contribution < 1.29 is 22.0 Å². The predicted molar refractivity (Wildman–Crippen MR) is 111 cm³/mol. The van der Waals surface area contributed by atoms with E-state index in [1.807, 2.05) is 0 Å². The highest BCUT2D eigenvalue weighted by Crippen LogP contribution is 2.28. The molecule has 0 aliphatic heterocycles. The number of aryl methyl sites for hydroxylation is 1. The lowest BCUT2D eigenvalue weighted by molar-refractivity contribution is 0.511. The summed E-state index contributed by atoms with van der Waals surface area (Å²) in [6.45, 7) is 1.79. The molecule has 0 amide bonds. The molecule has 0 atom stereocenters. The van der Waals surface area contributed by atoms with Crippen LogP contribution in [0.4, 0.5) is 22.0 Å². The van der Waals surface area contributed by atoms with E-state index in [2.05, 4.69) is 11.8 Å². The molecule has 0 aromatic heterocycles. The van der Waals surface area contributed by atoms with Crippen LogP contribution in [0.5, 0.6) is 0 Å². The summed E-state index contributed by atoms with van der Waals surface area (Å²) in [5.41, 5.74) is 1.11. The van der Waals surface area contributed by atoms with E-state index in [-0.39, 0.29) is 16.7 Å². The van der Waals surface area contributed by atoms with Gasteiger partial charge < -0.3 is 0 Å². The van der Waals surface area contributed by atoms with Crippen molar-refractivity contribution >= 4 is 10.8 Å². The molecule has 0 bridgehead atoms. The highest BCUT2D eigenvalue weighted by atomic mass is 19.2. The van der Waals surface area contributed by atoms with Gasteiger partial charge in [-0.1, -0.05) is 37.0 Å². The van der Waals surface area contributed by atoms with Gasteiger partial charge in [-0.2, -0.15) is 0 Å². The molecule has 0 unspecified atom stereocenters. The van der Waals surface area contributed by atoms with Crippen LogP contribution in [0.25, 0.3) is 21.9 Å². The molecule has 0 aliphatic carbocycles. The van der Waals surface area contributed by atoms with Gasteiger partial charge in [0.1, 0.15) is 17.5 Å². The van der Waals surface area contributed by atoms with Crippen molar-refractivity contribution in [3.63, 3.8) is 0 Å². The SMILES string of the molecule is CCc1cc(F)c(C#Cc2ccc(-c3ccc4cc(F)c(F)cc4c3)c(F)c2)c(F)c1. The van der Waals surface area contributed by atoms with E-state index in [0.717, 1.165) is 18.2 Å². The Hall–Kier alpha value is -3.65. The number of hydrogen-bond acceptors (Lipinski definition) is 0. The lowest BCUT2D eigenvalue weighted by Gasteiger charge is -2.07. The van der Waals surface area contributed by atoms with Gasteiger partial charge in [-0.05, 0) is 70.8 Å². The average Bonchev–Trinajstić information content (AvgIpc) is 2.73. The minimum absolute atomic E-state index is 0.238. The molecular weight excluding hydrogens is 407 g/mol. The van der Waals surface area contributed by atoms with Crippen LogP contribution in [0, 0.1) is 40.9 Å². The zero-order valence-electron chi connectivity index (χ0n) is 16.4. The van der Waals surface area contributed by atoms with Crippen molar-refractivity contribution in [1.82, 2.24) is 0 Å². The van der Waals surface area contributed by atoms with E-state index < -0.39 is 29.1 Å². The van der Waals surface area contributed by atoms with Crippen LogP contribution in [0.3, 0.4) is 0 Å². The second-order valence-electron chi connectivity index (χ2n) is 7.06. The monoisotopic (exact) mass is 422 g/mol. The van der Waals surface area contributed by atoms with Crippen LogP contribution in [0.2, 0.25) is 0 Å². The molecule has 0 heterocycles. The van der Waals surface area contributed by atoms with E-state index in [1.54, 1.807) is 25.1 Å². The minimum atomic E-state index is -0.984. The van der Waals surface area contributed by atoms with Gasteiger partial charge in [-0.25, -0.2) is 22.0 Å². The Kier molecular flexibility index (Phi) is 5.48. The number of halogens is 5. The second kappa shape index (κ2) is 8.23. The smallest absolute Gasteiger partial charge is 0.159 e. The van der Waals surface area contributed by atoms with Crippen molar-refractivity contribution in [1.29, 1.82) is 0 Å². The van der Waals surface area contributed by atoms with Crippen LogP contribution in [-0.4, -0.2) is 0 Å². The molecular formula is C26H15F5. The van der Waals surface area contributed by atoms with E-state index >= 15 is 0 Å². The zero-order valence-corrected chi connectivity index (χ0v) is 16.4. The maximum atomic E-state index is 14.7. The molecule has 4 aromatic rings. The van der Waals surface area contributed by atoms with Crippen LogP contribution in [0.1, 0.15) is 23.6 Å². The van der Waals surface area contributed by atoms with E-state index in [1.165, 1.54) is 24.3 Å². The number of rotatable bonds is 2. The molecule has 4 rings (SSSR count). The first kappa shape index (κ1) is 20.6. The maximum absolute atomic E-state index is 14.7. The first-order valence-corrected chi connectivity index (χ1v) is 9.54. The summed E-state index contributed by atoms with van der Waals surface area (Å²) in [7, 11) is 0. The Balaban J connectivity index is 1.68. The van der Waals surface area contributed by atoms with Crippen LogP contribution in [-0.2, 0) is 6.42 Å². The summed E-state index contributed by atoms with van der Waals surface area (Å²) in [5, 5.41) is 0.921. The van der Waals surface area contributed by atoms with Crippen LogP contribution >= 0.6 is 0 Å². The molecule has 0 N–H and O–H groups in total. The fraction of sp³-hybridized carbons (Fsp3) is 0.0769. The molecule has 0 nitrogen and oxygen atoms in total. The summed E-state index contributed by atoms with van der Waals surface area (Å²) in [6.07, 6.45) is 0.491. The van der Waals surface area contributed by atoms with Gasteiger partial charge in [0.2, 0.25) is 0 Å². The molecule has 0 spiro atoms. The quantitative estimate of drug-likeness (QED) is 0.237. The topological polar surface area (TPSA) is 0 Å². The van der Waals surface area contributed by atoms with Gasteiger partial charge >= 0.3 is 0 Å². The highest BCUT2D eigenvalue weighted by Gasteiger charge is 2.10. The fourth-order valence-corrected chi connectivity index (χ4v) is 3.32. The van der Waals surface area contributed by atoms with Gasteiger partial charge in [0, 0.05) is 11.1 Å². The molecule has 0 radical (unpaired) electrons. The van der Waals surface area contributed by atoms with Gasteiger partial charge in [-0.3, -0.25) is 0 Å². The molecule has 0 aliphatic rings. The van der Waals surface area contributed by atoms with E-state index in [4.69, 9.17) is 0 Å². The molecule has 5 heteroatoms. The number of fused-ring (bicyclic) bond motifs is 1. The first-order valence-electron chi connectivity index (χ1n) is 9.54. The summed E-state index contributed by atoms with van der Waals surface area (Å²) in [4.78, 5) is 0. The van der Waals surface area contributed by atoms with Crippen molar-refractivity contribution in [2.75, 3.05) is 0 Å². The lowest BCUT2D eigenvalue weighted by atomic mass is 9.99. The third-order valence-corrected chi connectivity index (χ3v) is 5.00. The molecule has 0 saturated carbocycles. The van der Waals surface area contributed by atoms with Crippen LogP contribution in [0.15, 0.2) is 60.7 Å². The first-order chi connectivity index (χ1) is 14.9. The number of hydrogen-bond donors (Lipinski definition) is 0. The number of benzene rings is 4. The van der Waals surface area contributed by atoms with Crippen molar-refractivity contribution in [3.05, 3.63) is 106 Å². The average molecular weight is 422 g/mol. The normalized spacial score (nSPS) is 10.8. The van der Waals surface area contributed by atoms with E-state index in [9.17, 15) is 22.0 Å². The molecule has 154 valence electrons. The zero-order chi connectivity index (χ0) is 22.1. The van der Waals surface area contributed by atoms with Crippen molar-refractivity contribution in [2.24, 2.45) is 0 Å². The standard InChI is InChI=1S/C26H15F5/c1-2-15-9-23(28)21(24(29)10-15)8-4-16-3-7-20(22(27)11-16)18-6-5-17-13-25(30)26(31)14-19(17)12-18/h3,5-7,9-14H,2H2,1H3. The van der Waals surface area contributed by atoms with Crippen molar-refractivity contribution in [3.8, 4) is 23.0 Å². The third kappa shape index (κ3) is 4.15. The second-order valence-corrected chi connectivity index (χ2v) is 7.06. The van der Waals surface area contributed by atoms with Crippen LogP contribution < -0.4 is 0 Å². The van der Waals surface area contributed by atoms with E-state index in [0.29, 0.717) is 28.3 Å².